The molecule has 0 aromatic heterocycles. The van der Waals surface area contributed by atoms with Gasteiger partial charge >= 0.3 is 0 Å². The molecule has 0 atom stereocenters. The third-order valence-corrected chi connectivity index (χ3v) is 6.36. The number of sulfonamides is 1. The molecule has 162 valence electrons. The van der Waals surface area contributed by atoms with Crippen molar-refractivity contribution >= 4 is 38.9 Å². The summed E-state index contributed by atoms with van der Waals surface area (Å²) in [5.74, 6) is -1.37. The van der Waals surface area contributed by atoms with E-state index < -0.39 is 21.7 Å². The number of rotatable bonds is 6. The Balaban J connectivity index is 1.80. The maximum Gasteiger partial charge on any atom is 0.260 e. The number of halogens is 2. The van der Waals surface area contributed by atoms with E-state index in [1.807, 2.05) is 26.0 Å². The Morgan fingerprint density at radius 1 is 1.03 bits per heavy atom. The molecule has 0 radical (unpaired) electrons. The predicted octanol–water partition coefficient (Wildman–Crippen LogP) is 5.31. The van der Waals surface area contributed by atoms with Crippen LogP contribution >= 0.6 is 11.6 Å². The molecule has 0 aliphatic carbocycles. The van der Waals surface area contributed by atoms with Gasteiger partial charge in [0.25, 0.3) is 5.91 Å². The van der Waals surface area contributed by atoms with Crippen LogP contribution in [0.4, 0.5) is 15.8 Å². The van der Waals surface area contributed by atoms with Gasteiger partial charge in [-0.25, -0.2) is 12.8 Å². The van der Waals surface area contributed by atoms with Crippen molar-refractivity contribution < 1.29 is 17.6 Å². The van der Waals surface area contributed by atoms with Crippen molar-refractivity contribution in [2.45, 2.75) is 20.4 Å². The summed E-state index contributed by atoms with van der Waals surface area (Å²) in [6.45, 7) is 4.03. The van der Waals surface area contributed by atoms with Gasteiger partial charge in [0.2, 0.25) is 10.0 Å². The molecule has 5 nitrogen and oxygen atoms in total. The van der Waals surface area contributed by atoms with Gasteiger partial charge in [-0.05, 0) is 66.9 Å². The summed E-state index contributed by atoms with van der Waals surface area (Å²) in [5, 5.41) is 2.62. The van der Waals surface area contributed by atoms with Gasteiger partial charge in [0.15, 0.2) is 0 Å². The molecule has 8 heteroatoms. The van der Waals surface area contributed by atoms with Crippen molar-refractivity contribution in [2.75, 3.05) is 15.9 Å². The third-order valence-electron chi connectivity index (χ3n) is 4.91. The molecular weight excluding hydrogens is 439 g/mol. The van der Waals surface area contributed by atoms with Gasteiger partial charge in [-0.1, -0.05) is 35.9 Å². The molecule has 0 aliphatic rings. The van der Waals surface area contributed by atoms with E-state index >= 15 is 0 Å². The number of nitrogens with zero attached hydrogens (tertiary/aromatic N) is 1. The van der Waals surface area contributed by atoms with Crippen LogP contribution in [0.2, 0.25) is 5.02 Å². The average Bonchev–Trinajstić information content (AvgIpc) is 2.68. The van der Waals surface area contributed by atoms with Gasteiger partial charge in [0.05, 0.1) is 29.1 Å². The standard InChI is InChI=1S/C23H22ClFN2O3S/c1-15-7-12-19(13-16(15)2)27(31(3,29)30)14-17-8-10-18(11-9-17)26-23(28)22-20(24)5-4-6-21(22)25/h4-13H,14H2,1-3H3,(H,26,28). The molecule has 0 aliphatic heterocycles. The zero-order valence-electron chi connectivity index (χ0n) is 17.3. The van der Waals surface area contributed by atoms with E-state index in [0.717, 1.165) is 29.0 Å². The number of amides is 1. The van der Waals surface area contributed by atoms with E-state index in [-0.39, 0.29) is 17.1 Å². The first kappa shape index (κ1) is 22.8. The summed E-state index contributed by atoms with van der Waals surface area (Å²) in [6, 6.07) is 16.2. The average molecular weight is 461 g/mol. The van der Waals surface area contributed by atoms with Crippen molar-refractivity contribution in [1.82, 2.24) is 0 Å². The van der Waals surface area contributed by atoms with Gasteiger partial charge < -0.3 is 5.32 Å². The SMILES string of the molecule is Cc1ccc(N(Cc2ccc(NC(=O)c3c(F)cccc3Cl)cc2)S(C)(=O)=O)cc1C. The van der Waals surface area contributed by atoms with E-state index in [9.17, 15) is 17.6 Å². The fourth-order valence-electron chi connectivity index (χ4n) is 3.05. The van der Waals surface area contributed by atoms with E-state index in [0.29, 0.717) is 11.4 Å². The first-order valence-electron chi connectivity index (χ1n) is 9.45. The molecule has 0 spiro atoms. The second-order valence-corrected chi connectivity index (χ2v) is 9.60. The second kappa shape index (κ2) is 9.08. The highest BCUT2D eigenvalue weighted by Gasteiger charge is 2.19. The molecule has 3 aromatic rings. The number of anilines is 2. The van der Waals surface area contributed by atoms with Crippen molar-refractivity contribution in [2.24, 2.45) is 0 Å². The van der Waals surface area contributed by atoms with Gasteiger partial charge in [0, 0.05) is 5.69 Å². The van der Waals surface area contributed by atoms with E-state index in [4.69, 9.17) is 11.6 Å². The Hall–Kier alpha value is -2.90. The number of hydrogen-bond donors (Lipinski definition) is 1. The molecule has 3 rings (SSSR count). The van der Waals surface area contributed by atoms with Gasteiger partial charge in [0.1, 0.15) is 5.82 Å². The Morgan fingerprint density at radius 2 is 1.71 bits per heavy atom. The lowest BCUT2D eigenvalue weighted by atomic mass is 10.1. The van der Waals surface area contributed by atoms with Gasteiger partial charge in [-0.2, -0.15) is 0 Å². The molecule has 31 heavy (non-hydrogen) atoms. The monoisotopic (exact) mass is 460 g/mol. The van der Waals surface area contributed by atoms with Gasteiger partial charge in [-0.3, -0.25) is 9.10 Å². The Bertz CT molecular complexity index is 1210. The summed E-state index contributed by atoms with van der Waals surface area (Å²) in [5.41, 5.74) is 3.59. The number of nitrogens with one attached hydrogen (secondary N) is 1. The minimum Gasteiger partial charge on any atom is -0.322 e. The fraction of sp³-hybridized carbons (Fsp3) is 0.174. The van der Waals surface area contributed by atoms with Crippen LogP contribution in [0.1, 0.15) is 27.0 Å². The van der Waals surface area contributed by atoms with E-state index in [2.05, 4.69) is 5.32 Å². The highest BCUT2D eigenvalue weighted by Crippen LogP contribution is 2.25. The molecule has 0 saturated carbocycles. The minimum atomic E-state index is -3.51. The zero-order chi connectivity index (χ0) is 22.8. The largest absolute Gasteiger partial charge is 0.322 e. The first-order chi connectivity index (χ1) is 14.6. The van der Waals surface area contributed by atoms with Crippen LogP contribution in [-0.2, 0) is 16.6 Å². The molecular formula is C23H22ClFN2O3S. The molecule has 0 saturated heterocycles. The third kappa shape index (κ3) is 5.42. The Morgan fingerprint density at radius 3 is 2.29 bits per heavy atom. The topological polar surface area (TPSA) is 66.5 Å². The van der Waals surface area contributed by atoms with Crippen LogP contribution in [0.15, 0.2) is 60.7 Å². The Kier molecular flexibility index (Phi) is 6.67. The lowest BCUT2D eigenvalue weighted by Crippen LogP contribution is -2.29. The van der Waals surface area contributed by atoms with Crippen molar-refractivity contribution in [3.05, 3.63) is 93.8 Å². The maximum atomic E-state index is 13.9. The number of carbonyl (C=O) groups is 1. The molecule has 0 unspecified atom stereocenters. The van der Waals surface area contributed by atoms with Crippen LogP contribution in [0.3, 0.4) is 0 Å². The molecule has 1 N–H and O–H groups in total. The molecule has 1 amide bonds. The van der Waals surface area contributed by atoms with E-state index in [1.165, 1.54) is 16.4 Å². The zero-order valence-corrected chi connectivity index (χ0v) is 18.9. The van der Waals surface area contributed by atoms with Crippen LogP contribution in [-0.4, -0.2) is 20.6 Å². The summed E-state index contributed by atoms with van der Waals surface area (Å²) in [7, 11) is -3.51. The fourth-order valence-corrected chi connectivity index (χ4v) is 4.18. The quantitative estimate of drug-likeness (QED) is 0.541. The van der Waals surface area contributed by atoms with Crippen LogP contribution in [0, 0.1) is 19.7 Å². The molecule has 0 heterocycles. The number of hydrogen-bond acceptors (Lipinski definition) is 3. The highest BCUT2D eigenvalue weighted by atomic mass is 35.5. The van der Waals surface area contributed by atoms with Crippen LogP contribution in [0.25, 0.3) is 0 Å². The summed E-state index contributed by atoms with van der Waals surface area (Å²) >= 11 is 5.93. The second-order valence-electron chi connectivity index (χ2n) is 7.29. The number of carbonyl (C=O) groups excluding carboxylic acids is 1. The summed E-state index contributed by atoms with van der Waals surface area (Å²) in [4.78, 5) is 12.4. The number of aryl methyl sites for hydroxylation is 2. The van der Waals surface area contributed by atoms with Crippen molar-refractivity contribution in [1.29, 1.82) is 0 Å². The first-order valence-corrected chi connectivity index (χ1v) is 11.7. The molecule has 0 bridgehead atoms. The van der Waals surface area contributed by atoms with Crippen LogP contribution < -0.4 is 9.62 Å². The van der Waals surface area contributed by atoms with Crippen molar-refractivity contribution in [3.63, 3.8) is 0 Å². The van der Waals surface area contributed by atoms with E-state index in [1.54, 1.807) is 30.3 Å². The molecule has 0 fully saturated rings. The molecule has 3 aromatic carbocycles. The smallest absolute Gasteiger partial charge is 0.260 e. The number of benzene rings is 3. The lowest BCUT2D eigenvalue weighted by Gasteiger charge is -2.23. The normalized spacial score (nSPS) is 11.3. The highest BCUT2D eigenvalue weighted by molar-refractivity contribution is 7.92. The van der Waals surface area contributed by atoms with Crippen LogP contribution in [0.5, 0.6) is 0 Å². The Labute approximate surface area is 186 Å². The summed E-state index contributed by atoms with van der Waals surface area (Å²) < 4.78 is 40.0. The maximum absolute atomic E-state index is 13.9. The predicted molar refractivity (Wildman–Crippen MR) is 123 cm³/mol. The lowest BCUT2D eigenvalue weighted by molar-refractivity contribution is 0.102. The minimum absolute atomic E-state index is 0.0197. The van der Waals surface area contributed by atoms with Gasteiger partial charge in [-0.15, -0.1) is 0 Å². The van der Waals surface area contributed by atoms with Crippen molar-refractivity contribution in [3.8, 4) is 0 Å². The summed E-state index contributed by atoms with van der Waals surface area (Å²) in [6.07, 6.45) is 1.16.